The molecule has 0 aromatic heterocycles. The molecule has 0 radical (unpaired) electrons. The van der Waals surface area contributed by atoms with Gasteiger partial charge < -0.3 is 19.7 Å². The van der Waals surface area contributed by atoms with Crippen molar-refractivity contribution in [3.63, 3.8) is 0 Å². The van der Waals surface area contributed by atoms with Gasteiger partial charge in [-0.1, -0.05) is 58.4 Å². The molecule has 9 atom stereocenters. The van der Waals surface area contributed by atoms with Crippen LogP contribution in [0.2, 0.25) is 0 Å². The molecule has 4 unspecified atom stereocenters. The zero-order chi connectivity index (χ0) is 26.0. The Morgan fingerprint density at radius 2 is 1.80 bits per heavy atom. The van der Waals surface area contributed by atoms with Crippen molar-refractivity contribution in [3.05, 3.63) is 23.8 Å². The second-order valence-electron chi connectivity index (χ2n) is 14.1. The fourth-order valence-electron chi connectivity index (χ4n) is 9.46. The van der Waals surface area contributed by atoms with Crippen molar-refractivity contribution in [2.24, 2.45) is 45.3 Å². The Bertz CT molecular complexity index is 881. The summed E-state index contributed by atoms with van der Waals surface area (Å²) in [6.45, 7) is 15.3. The first-order valence-electron chi connectivity index (χ1n) is 14.0. The predicted octanol–water partition coefficient (Wildman–Crippen LogP) is 6.11. The molecule has 0 spiro atoms. The van der Waals surface area contributed by atoms with Gasteiger partial charge in [-0.2, -0.15) is 0 Å². The van der Waals surface area contributed by atoms with Crippen LogP contribution >= 0.6 is 0 Å². The highest BCUT2D eigenvalue weighted by molar-refractivity contribution is 5.65. The quantitative estimate of drug-likeness (QED) is 0.351. The minimum atomic E-state index is -0.776. The van der Waals surface area contributed by atoms with Crippen LogP contribution in [0.15, 0.2) is 23.8 Å². The summed E-state index contributed by atoms with van der Waals surface area (Å²) in [5.41, 5.74) is -0.136. The van der Waals surface area contributed by atoms with Gasteiger partial charge in [-0.05, 0) is 87.4 Å². The second kappa shape index (κ2) is 8.81. The molecular formula is C31H50O4. The summed E-state index contributed by atoms with van der Waals surface area (Å²) in [5.74, 6) is 1.45. The van der Waals surface area contributed by atoms with Crippen LogP contribution in [-0.4, -0.2) is 41.4 Å². The van der Waals surface area contributed by atoms with Gasteiger partial charge in [0.25, 0.3) is 0 Å². The highest BCUT2D eigenvalue weighted by Gasteiger charge is 2.70. The molecule has 0 bridgehead atoms. The Morgan fingerprint density at radius 1 is 1.11 bits per heavy atom. The average Bonchev–Trinajstić information content (AvgIpc) is 3.06. The van der Waals surface area contributed by atoms with E-state index in [0.29, 0.717) is 11.8 Å². The molecule has 198 valence electrons. The van der Waals surface area contributed by atoms with E-state index in [1.54, 1.807) is 7.11 Å². The monoisotopic (exact) mass is 486 g/mol. The number of allylic oxidation sites excluding steroid dienone is 1. The minimum absolute atomic E-state index is 0.00790. The minimum Gasteiger partial charge on any atom is -0.392 e. The van der Waals surface area contributed by atoms with Gasteiger partial charge in [0.15, 0.2) is 0 Å². The van der Waals surface area contributed by atoms with Crippen LogP contribution in [0, 0.1) is 45.3 Å². The van der Waals surface area contributed by atoms with E-state index in [2.05, 4.69) is 46.8 Å². The standard InChI is InChI=1S/C31H50O4/c1-20(10-9-14-27(2,3)34)21-13-15-30(7)26-24(35-8)18-23-22(11-12-25(33)28(23,4)5)31(26,19-32)17-16-29(21,30)6/h9,14,18-22,24-26,33-34H,10-13,15-17H2,1-8H3/b14-9+/t20-,21?,22?,24?,25+,26?,29-,30+,31-/m1/s1. The maximum absolute atomic E-state index is 13.2. The van der Waals surface area contributed by atoms with Gasteiger partial charge in [0.2, 0.25) is 0 Å². The number of hydrogen-bond donors (Lipinski definition) is 2. The van der Waals surface area contributed by atoms with Crippen LogP contribution in [0.25, 0.3) is 0 Å². The molecule has 4 aliphatic carbocycles. The van der Waals surface area contributed by atoms with Crippen molar-refractivity contribution >= 4 is 6.29 Å². The Kier molecular flexibility index (Phi) is 6.81. The molecule has 0 heterocycles. The molecule has 2 N–H and O–H groups in total. The van der Waals surface area contributed by atoms with E-state index in [0.717, 1.165) is 38.5 Å². The lowest BCUT2D eigenvalue weighted by molar-refractivity contribution is -0.186. The van der Waals surface area contributed by atoms with E-state index in [4.69, 9.17) is 4.74 Å². The zero-order valence-electron chi connectivity index (χ0n) is 23.4. The summed E-state index contributed by atoms with van der Waals surface area (Å²) in [7, 11) is 1.80. The van der Waals surface area contributed by atoms with E-state index in [1.807, 2.05) is 19.9 Å². The molecule has 4 rings (SSSR count). The first-order chi connectivity index (χ1) is 16.2. The second-order valence-corrected chi connectivity index (χ2v) is 14.1. The Morgan fingerprint density at radius 3 is 2.40 bits per heavy atom. The van der Waals surface area contributed by atoms with Gasteiger partial charge in [-0.15, -0.1) is 0 Å². The highest BCUT2D eigenvalue weighted by Crippen LogP contribution is 2.74. The van der Waals surface area contributed by atoms with Crippen molar-refractivity contribution in [2.45, 2.75) is 111 Å². The lowest BCUT2D eigenvalue weighted by Gasteiger charge is -2.66. The van der Waals surface area contributed by atoms with E-state index < -0.39 is 11.0 Å². The van der Waals surface area contributed by atoms with Gasteiger partial charge in [0.1, 0.15) is 6.29 Å². The first kappa shape index (κ1) is 27.1. The van der Waals surface area contributed by atoms with Crippen LogP contribution in [0.1, 0.15) is 93.4 Å². The lowest BCUT2D eigenvalue weighted by atomic mass is 9.38. The van der Waals surface area contributed by atoms with Gasteiger partial charge in [-0.3, -0.25) is 0 Å². The van der Waals surface area contributed by atoms with Crippen LogP contribution in [0.4, 0.5) is 0 Å². The van der Waals surface area contributed by atoms with Gasteiger partial charge in [0.05, 0.1) is 17.8 Å². The SMILES string of the molecule is COC1C=C2C(CC[C@H](O)C2(C)C)[C@]2(C=O)CC[C@]3(C)C([C@H](C)C/C=C/C(C)(C)O)CC[C@@]3(C)C12. The highest BCUT2D eigenvalue weighted by atomic mass is 16.5. The number of aldehydes is 1. The topological polar surface area (TPSA) is 66.8 Å². The number of aliphatic hydroxyl groups is 2. The summed E-state index contributed by atoms with van der Waals surface area (Å²) in [4.78, 5) is 13.2. The fraction of sp³-hybridized carbons (Fsp3) is 0.839. The molecule has 0 amide bonds. The number of rotatable bonds is 6. The molecule has 35 heavy (non-hydrogen) atoms. The van der Waals surface area contributed by atoms with Crippen LogP contribution in [0.5, 0.6) is 0 Å². The summed E-state index contributed by atoms with van der Waals surface area (Å²) < 4.78 is 6.23. The molecule has 0 aromatic carbocycles. The molecule has 4 aliphatic rings. The first-order valence-corrected chi connectivity index (χ1v) is 14.0. The van der Waals surface area contributed by atoms with E-state index in [1.165, 1.54) is 18.3 Å². The number of ether oxygens (including phenoxy) is 1. The van der Waals surface area contributed by atoms with Crippen molar-refractivity contribution in [3.8, 4) is 0 Å². The molecule has 0 aliphatic heterocycles. The smallest absolute Gasteiger partial charge is 0.127 e. The Hall–Kier alpha value is -0.970. The maximum atomic E-state index is 13.2. The van der Waals surface area contributed by atoms with Crippen molar-refractivity contribution in [2.75, 3.05) is 7.11 Å². The van der Waals surface area contributed by atoms with Gasteiger partial charge in [-0.25, -0.2) is 0 Å². The molecular weight excluding hydrogens is 436 g/mol. The van der Waals surface area contributed by atoms with Crippen LogP contribution in [-0.2, 0) is 9.53 Å². The summed E-state index contributed by atoms with van der Waals surface area (Å²) in [6.07, 6.45) is 14.1. The molecule has 0 aromatic rings. The lowest BCUT2D eigenvalue weighted by Crippen LogP contribution is -2.64. The normalized spacial score (nSPS) is 45.9. The number of aliphatic hydroxyl groups excluding tert-OH is 1. The van der Waals surface area contributed by atoms with E-state index in [-0.39, 0.29) is 40.3 Å². The largest absolute Gasteiger partial charge is 0.392 e. The number of hydrogen-bond acceptors (Lipinski definition) is 4. The molecule has 4 nitrogen and oxygen atoms in total. The molecule has 4 heteroatoms. The third-order valence-corrected chi connectivity index (χ3v) is 11.7. The predicted molar refractivity (Wildman–Crippen MR) is 141 cm³/mol. The summed E-state index contributed by atoms with van der Waals surface area (Å²) in [6, 6.07) is 0. The third kappa shape index (κ3) is 3.92. The summed E-state index contributed by atoms with van der Waals surface area (Å²) in [5, 5.41) is 21.0. The zero-order valence-corrected chi connectivity index (χ0v) is 23.4. The van der Waals surface area contributed by atoms with Gasteiger partial charge >= 0.3 is 0 Å². The number of carbonyl (C=O) groups excluding carboxylic acids is 1. The van der Waals surface area contributed by atoms with Crippen LogP contribution in [0.3, 0.4) is 0 Å². The molecule has 3 saturated carbocycles. The van der Waals surface area contributed by atoms with Gasteiger partial charge in [0, 0.05) is 23.9 Å². The number of methoxy groups -OCH3 is 1. The van der Waals surface area contributed by atoms with Crippen molar-refractivity contribution in [1.82, 2.24) is 0 Å². The van der Waals surface area contributed by atoms with Crippen molar-refractivity contribution < 1.29 is 19.7 Å². The number of carbonyl (C=O) groups is 1. The Balaban J connectivity index is 1.73. The van der Waals surface area contributed by atoms with Crippen molar-refractivity contribution in [1.29, 1.82) is 0 Å². The molecule has 0 saturated heterocycles. The maximum Gasteiger partial charge on any atom is 0.127 e. The van der Waals surface area contributed by atoms with Crippen LogP contribution < -0.4 is 0 Å². The van der Waals surface area contributed by atoms with E-state index >= 15 is 0 Å². The van der Waals surface area contributed by atoms with E-state index in [9.17, 15) is 15.0 Å². The fourth-order valence-corrected chi connectivity index (χ4v) is 9.46. The number of fused-ring (bicyclic) bond motifs is 5. The summed E-state index contributed by atoms with van der Waals surface area (Å²) >= 11 is 0. The third-order valence-electron chi connectivity index (χ3n) is 11.7. The molecule has 3 fully saturated rings. The average molecular weight is 487 g/mol. The Labute approximate surface area is 213 Å².